The van der Waals surface area contributed by atoms with Crippen molar-refractivity contribution in [3.05, 3.63) is 72.3 Å². The Morgan fingerprint density at radius 2 is 1.81 bits per heavy atom. The van der Waals surface area contributed by atoms with Gasteiger partial charge in [0.25, 0.3) is 0 Å². The van der Waals surface area contributed by atoms with Gasteiger partial charge in [-0.25, -0.2) is 14.4 Å². The molecule has 166 valence electrons. The third-order valence-corrected chi connectivity index (χ3v) is 4.49. The van der Waals surface area contributed by atoms with Gasteiger partial charge in [0.15, 0.2) is 17.3 Å². The molecule has 0 saturated heterocycles. The van der Waals surface area contributed by atoms with E-state index in [0.29, 0.717) is 28.6 Å². The second kappa shape index (κ2) is 10.3. The lowest BCUT2D eigenvalue weighted by Gasteiger charge is -2.15. The van der Waals surface area contributed by atoms with Crippen LogP contribution in [0.4, 0.5) is 21.7 Å². The van der Waals surface area contributed by atoms with Crippen LogP contribution in [0.2, 0.25) is 0 Å². The highest BCUT2D eigenvalue weighted by Gasteiger charge is 2.15. The fourth-order valence-corrected chi connectivity index (χ4v) is 3.01. The number of benzene rings is 2. The van der Waals surface area contributed by atoms with E-state index in [-0.39, 0.29) is 24.0 Å². The smallest absolute Gasteiger partial charge is 0.247 e. The lowest BCUT2D eigenvalue weighted by Crippen LogP contribution is -2.08. The molecular formula is C23H23FN4O4. The highest BCUT2D eigenvalue weighted by atomic mass is 19.1. The molecule has 9 heteroatoms. The maximum atomic E-state index is 14.4. The average molecular weight is 438 g/mol. The first-order chi connectivity index (χ1) is 15.5. The Hall–Kier alpha value is -4.14. The molecule has 0 radical (unpaired) electrons. The molecule has 0 spiro atoms. The predicted octanol–water partition coefficient (Wildman–Crippen LogP) is 4.10. The maximum absolute atomic E-state index is 14.4. The molecule has 0 saturated carbocycles. The number of nitrogens with zero attached hydrogens (tertiary/aromatic N) is 2. The number of anilines is 3. The van der Waals surface area contributed by atoms with Crippen LogP contribution < -0.4 is 24.8 Å². The molecule has 1 heterocycles. The predicted molar refractivity (Wildman–Crippen MR) is 119 cm³/mol. The number of hydrogen-bond acceptors (Lipinski definition) is 7. The third-order valence-electron chi connectivity index (χ3n) is 4.49. The number of methoxy groups -OCH3 is 3. The van der Waals surface area contributed by atoms with E-state index < -0.39 is 5.82 Å². The third kappa shape index (κ3) is 5.31. The van der Waals surface area contributed by atoms with Crippen LogP contribution in [0.25, 0.3) is 0 Å². The van der Waals surface area contributed by atoms with Crippen molar-refractivity contribution in [3.8, 4) is 17.2 Å². The Labute approximate surface area is 185 Å². The van der Waals surface area contributed by atoms with Crippen molar-refractivity contribution in [3.63, 3.8) is 0 Å². The summed E-state index contributed by atoms with van der Waals surface area (Å²) in [6.45, 7) is 3.43. The average Bonchev–Trinajstić information content (AvgIpc) is 2.80. The van der Waals surface area contributed by atoms with Crippen LogP contribution in [0, 0.1) is 5.82 Å². The van der Waals surface area contributed by atoms with Gasteiger partial charge in [-0.3, -0.25) is 4.79 Å². The fourth-order valence-electron chi connectivity index (χ4n) is 3.01. The van der Waals surface area contributed by atoms with Crippen LogP contribution in [0.1, 0.15) is 11.3 Å². The normalized spacial score (nSPS) is 10.2. The van der Waals surface area contributed by atoms with Gasteiger partial charge >= 0.3 is 0 Å². The van der Waals surface area contributed by atoms with Gasteiger partial charge in [-0.1, -0.05) is 18.7 Å². The Balaban J connectivity index is 1.85. The van der Waals surface area contributed by atoms with Crippen LogP contribution >= 0.6 is 0 Å². The van der Waals surface area contributed by atoms with Crippen molar-refractivity contribution >= 4 is 23.2 Å². The molecule has 32 heavy (non-hydrogen) atoms. The first kappa shape index (κ1) is 22.5. The number of nitrogens with one attached hydrogen (secondary N) is 2. The minimum absolute atomic E-state index is 0.196. The zero-order valence-corrected chi connectivity index (χ0v) is 17.9. The minimum Gasteiger partial charge on any atom is -0.493 e. The van der Waals surface area contributed by atoms with E-state index in [4.69, 9.17) is 14.2 Å². The van der Waals surface area contributed by atoms with Crippen molar-refractivity contribution in [1.82, 2.24) is 9.97 Å². The highest BCUT2D eigenvalue weighted by molar-refractivity contribution is 5.98. The number of amides is 1. The van der Waals surface area contributed by atoms with Crippen LogP contribution in [-0.2, 0) is 11.2 Å². The summed E-state index contributed by atoms with van der Waals surface area (Å²) in [5, 5.41) is 5.71. The Kier molecular flexibility index (Phi) is 7.22. The second-order valence-electron chi connectivity index (χ2n) is 6.60. The van der Waals surface area contributed by atoms with E-state index >= 15 is 0 Å². The summed E-state index contributed by atoms with van der Waals surface area (Å²) in [5.41, 5.74) is 2.12. The van der Waals surface area contributed by atoms with Crippen LogP contribution in [-0.4, -0.2) is 37.2 Å². The van der Waals surface area contributed by atoms with Gasteiger partial charge in [-0.2, -0.15) is 0 Å². The highest BCUT2D eigenvalue weighted by Crippen LogP contribution is 2.40. The first-order valence-electron chi connectivity index (χ1n) is 9.58. The number of ether oxygens (including phenoxy) is 3. The summed E-state index contributed by atoms with van der Waals surface area (Å²) in [5.74, 6) is 0.690. The molecule has 0 aliphatic carbocycles. The summed E-state index contributed by atoms with van der Waals surface area (Å²) in [6.07, 6.45) is 2.49. The molecule has 3 rings (SSSR count). The van der Waals surface area contributed by atoms with E-state index in [0.717, 1.165) is 11.8 Å². The van der Waals surface area contributed by atoms with Crippen LogP contribution in [0.15, 0.2) is 55.3 Å². The lowest BCUT2D eigenvalue weighted by molar-refractivity contribution is -0.111. The van der Waals surface area contributed by atoms with E-state index in [1.54, 1.807) is 30.3 Å². The van der Waals surface area contributed by atoms with Gasteiger partial charge in [-0.15, -0.1) is 0 Å². The van der Waals surface area contributed by atoms with E-state index in [9.17, 15) is 9.18 Å². The number of halogens is 1. The molecule has 0 unspecified atom stereocenters. The van der Waals surface area contributed by atoms with E-state index in [1.165, 1.54) is 27.4 Å². The number of aromatic nitrogens is 2. The van der Waals surface area contributed by atoms with Gasteiger partial charge in [0.1, 0.15) is 0 Å². The molecule has 0 aliphatic rings. The van der Waals surface area contributed by atoms with Crippen molar-refractivity contribution in [2.75, 3.05) is 32.0 Å². The van der Waals surface area contributed by atoms with Gasteiger partial charge < -0.3 is 24.8 Å². The summed E-state index contributed by atoms with van der Waals surface area (Å²) < 4.78 is 30.4. The zero-order chi connectivity index (χ0) is 23.1. The largest absolute Gasteiger partial charge is 0.493 e. The molecule has 1 aromatic heterocycles. The van der Waals surface area contributed by atoms with E-state index in [1.807, 2.05) is 6.07 Å². The van der Waals surface area contributed by atoms with E-state index in [2.05, 4.69) is 27.2 Å². The summed E-state index contributed by atoms with van der Waals surface area (Å²) in [6, 6.07) is 10.5. The molecular weight excluding hydrogens is 415 g/mol. The summed E-state index contributed by atoms with van der Waals surface area (Å²) in [7, 11) is 4.54. The number of hydrogen-bond donors (Lipinski definition) is 2. The molecule has 0 fully saturated rings. The zero-order valence-electron chi connectivity index (χ0n) is 17.9. The first-order valence-corrected chi connectivity index (χ1v) is 9.58. The number of carbonyl (C=O) groups is 1. The summed E-state index contributed by atoms with van der Waals surface area (Å²) >= 11 is 0. The number of rotatable bonds is 9. The molecule has 0 bridgehead atoms. The topological polar surface area (TPSA) is 94.6 Å². The molecule has 2 aromatic carbocycles. The minimum atomic E-state index is -0.541. The summed E-state index contributed by atoms with van der Waals surface area (Å²) in [4.78, 5) is 19.8. The molecule has 2 N–H and O–H groups in total. The molecule has 1 amide bonds. The van der Waals surface area contributed by atoms with Gasteiger partial charge in [-0.05, 0) is 23.8 Å². The molecule has 0 aliphatic heterocycles. The molecule has 0 atom stereocenters. The Bertz CT molecular complexity index is 1110. The van der Waals surface area contributed by atoms with Crippen molar-refractivity contribution in [2.24, 2.45) is 0 Å². The molecule has 8 nitrogen and oxygen atoms in total. The van der Waals surface area contributed by atoms with Crippen molar-refractivity contribution < 1.29 is 23.4 Å². The van der Waals surface area contributed by atoms with Gasteiger partial charge in [0, 0.05) is 29.9 Å². The maximum Gasteiger partial charge on any atom is 0.247 e. The van der Waals surface area contributed by atoms with Gasteiger partial charge in [0.2, 0.25) is 17.6 Å². The Morgan fingerprint density at radius 3 is 2.44 bits per heavy atom. The fraction of sp³-hybridized carbons (Fsp3) is 0.174. The van der Waals surface area contributed by atoms with Crippen LogP contribution in [0.3, 0.4) is 0 Å². The molecule has 3 aromatic rings. The quantitative estimate of drug-likeness (QED) is 0.486. The lowest BCUT2D eigenvalue weighted by atomic mass is 10.1. The van der Waals surface area contributed by atoms with Crippen molar-refractivity contribution in [1.29, 1.82) is 0 Å². The van der Waals surface area contributed by atoms with Gasteiger partial charge in [0.05, 0.1) is 33.2 Å². The Morgan fingerprint density at radius 1 is 1.09 bits per heavy atom. The SMILES string of the molecule is C=CC(=O)Nc1cccc(Cc2nc(Nc3cc(OC)c(OC)c(OC)c3)ncc2F)c1. The number of carbonyl (C=O) groups excluding carboxylic acids is 1. The second-order valence-corrected chi connectivity index (χ2v) is 6.60. The van der Waals surface area contributed by atoms with Crippen molar-refractivity contribution in [2.45, 2.75) is 6.42 Å². The van der Waals surface area contributed by atoms with Crippen LogP contribution in [0.5, 0.6) is 17.2 Å². The monoisotopic (exact) mass is 438 g/mol. The standard InChI is InChI=1S/C23H23FN4O4/c1-5-21(29)26-15-8-6-7-14(9-15)10-18-17(24)13-25-23(28-18)27-16-11-19(30-2)22(32-4)20(12-16)31-3/h5-9,11-13H,1,10H2,2-4H3,(H,26,29)(H,25,27,28).